The molecule has 0 atom stereocenters. The minimum Gasteiger partial charge on any atom is -0.397 e. The van der Waals surface area contributed by atoms with Gasteiger partial charge < -0.3 is 15.6 Å². The number of nitrogens with one attached hydrogen (secondary N) is 1. The molecule has 2 aromatic rings. The van der Waals surface area contributed by atoms with E-state index in [4.69, 9.17) is 5.73 Å². The summed E-state index contributed by atoms with van der Waals surface area (Å²) in [5.74, 6) is -0.108. The molecule has 2 rings (SSSR count). The number of amides is 1. The number of rotatable bonds is 6. The van der Waals surface area contributed by atoms with Crippen LogP contribution in [0.15, 0.2) is 36.5 Å². The summed E-state index contributed by atoms with van der Waals surface area (Å²) >= 11 is 0. The van der Waals surface area contributed by atoms with Crippen LogP contribution in [0.3, 0.4) is 0 Å². The minimum absolute atomic E-state index is 0.108. The number of hydrogen-bond donors (Lipinski definition) is 2. The van der Waals surface area contributed by atoms with Crippen molar-refractivity contribution in [3.63, 3.8) is 0 Å². The largest absolute Gasteiger partial charge is 0.397 e. The lowest BCUT2D eigenvalue weighted by Gasteiger charge is -2.12. The molecule has 4 nitrogen and oxygen atoms in total. The first kappa shape index (κ1) is 15.2. The molecule has 0 radical (unpaired) electrons. The number of aromatic nitrogens is 1. The van der Waals surface area contributed by atoms with Crippen LogP contribution in [0.4, 0.5) is 11.4 Å². The molecule has 0 aliphatic rings. The van der Waals surface area contributed by atoms with Gasteiger partial charge in [-0.1, -0.05) is 38.5 Å². The molecule has 0 aliphatic carbocycles. The normalized spacial score (nSPS) is 10.6. The van der Waals surface area contributed by atoms with Gasteiger partial charge in [0, 0.05) is 18.4 Å². The van der Waals surface area contributed by atoms with Crippen LogP contribution in [0, 0.1) is 0 Å². The summed E-state index contributed by atoms with van der Waals surface area (Å²) in [7, 11) is 0. The zero-order valence-corrected chi connectivity index (χ0v) is 12.7. The van der Waals surface area contributed by atoms with Crippen molar-refractivity contribution in [1.29, 1.82) is 0 Å². The van der Waals surface area contributed by atoms with Gasteiger partial charge in [0.15, 0.2) is 0 Å². The molecule has 0 unspecified atom stereocenters. The van der Waals surface area contributed by atoms with Crippen LogP contribution >= 0.6 is 0 Å². The molecule has 0 aliphatic heterocycles. The van der Waals surface area contributed by atoms with Crippen LogP contribution in [-0.4, -0.2) is 10.5 Å². The molecule has 4 heteroatoms. The highest BCUT2D eigenvalue weighted by Crippen LogP contribution is 2.19. The van der Waals surface area contributed by atoms with E-state index in [0.717, 1.165) is 37.1 Å². The number of anilines is 2. The minimum atomic E-state index is -0.108. The number of benzene rings is 1. The zero-order valence-electron chi connectivity index (χ0n) is 12.7. The standard InChI is InChI=1S/C17H23N3O/c1-3-7-13-8-5-6-9-15(13)19-17(21)16-11-14(18)12-20(16)10-4-2/h5-6,8-9,11-12H,3-4,7,10,18H2,1-2H3,(H,19,21). The summed E-state index contributed by atoms with van der Waals surface area (Å²) in [5.41, 5.74) is 9.09. The molecule has 0 spiro atoms. The van der Waals surface area contributed by atoms with Crippen LogP contribution in [-0.2, 0) is 13.0 Å². The van der Waals surface area contributed by atoms with E-state index >= 15 is 0 Å². The summed E-state index contributed by atoms with van der Waals surface area (Å²) in [6.07, 6.45) is 4.78. The van der Waals surface area contributed by atoms with Gasteiger partial charge in [-0.3, -0.25) is 4.79 Å². The van der Waals surface area contributed by atoms with Gasteiger partial charge >= 0.3 is 0 Å². The quantitative estimate of drug-likeness (QED) is 0.850. The number of nitrogens with zero attached hydrogens (tertiary/aromatic N) is 1. The van der Waals surface area contributed by atoms with E-state index in [0.29, 0.717) is 11.4 Å². The molecule has 1 aromatic carbocycles. The number of carbonyl (C=O) groups is 1. The monoisotopic (exact) mass is 285 g/mol. The summed E-state index contributed by atoms with van der Waals surface area (Å²) < 4.78 is 1.91. The van der Waals surface area contributed by atoms with E-state index in [2.05, 4.69) is 25.2 Å². The van der Waals surface area contributed by atoms with Crippen LogP contribution in [0.25, 0.3) is 0 Å². The molecular weight excluding hydrogens is 262 g/mol. The predicted molar refractivity (Wildman–Crippen MR) is 87.5 cm³/mol. The number of aryl methyl sites for hydroxylation is 2. The van der Waals surface area contributed by atoms with Gasteiger partial charge in [0.1, 0.15) is 5.69 Å². The highest BCUT2D eigenvalue weighted by molar-refractivity contribution is 6.04. The third kappa shape index (κ3) is 3.66. The van der Waals surface area contributed by atoms with Gasteiger partial charge in [0.25, 0.3) is 5.91 Å². The fraction of sp³-hybridized carbons (Fsp3) is 0.353. The van der Waals surface area contributed by atoms with Gasteiger partial charge in [0.05, 0.1) is 5.69 Å². The molecule has 0 bridgehead atoms. The Balaban J connectivity index is 2.22. The molecular formula is C17H23N3O. The van der Waals surface area contributed by atoms with Crippen molar-refractivity contribution in [3.05, 3.63) is 47.8 Å². The zero-order chi connectivity index (χ0) is 15.2. The van der Waals surface area contributed by atoms with Crippen LogP contribution in [0.5, 0.6) is 0 Å². The SMILES string of the molecule is CCCc1ccccc1NC(=O)c1cc(N)cn1CCC. The third-order valence-corrected chi connectivity index (χ3v) is 3.40. The summed E-state index contributed by atoms with van der Waals surface area (Å²) in [5, 5.41) is 3.01. The smallest absolute Gasteiger partial charge is 0.272 e. The van der Waals surface area contributed by atoms with E-state index < -0.39 is 0 Å². The molecule has 0 saturated heterocycles. The number of nitrogen functional groups attached to an aromatic ring is 1. The Morgan fingerprint density at radius 1 is 1.24 bits per heavy atom. The second-order valence-electron chi connectivity index (χ2n) is 5.21. The maximum atomic E-state index is 12.5. The van der Waals surface area contributed by atoms with E-state index in [1.54, 1.807) is 6.07 Å². The molecule has 0 saturated carbocycles. The Morgan fingerprint density at radius 2 is 2.00 bits per heavy atom. The summed E-state index contributed by atoms with van der Waals surface area (Å²) in [6.45, 7) is 5.00. The molecule has 1 heterocycles. The molecule has 1 aromatic heterocycles. The second-order valence-corrected chi connectivity index (χ2v) is 5.21. The van der Waals surface area contributed by atoms with Crippen molar-refractivity contribution in [2.24, 2.45) is 0 Å². The first-order chi connectivity index (χ1) is 10.2. The Hall–Kier alpha value is -2.23. The van der Waals surface area contributed by atoms with Crippen molar-refractivity contribution < 1.29 is 4.79 Å². The first-order valence-electron chi connectivity index (χ1n) is 7.50. The first-order valence-corrected chi connectivity index (χ1v) is 7.50. The van der Waals surface area contributed by atoms with Crippen LogP contribution in [0.2, 0.25) is 0 Å². The fourth-order valence-corrected chi connectivity index (χ4v) is 2.47. The number of nitrogens with two attached hydrogens (primary N) is 1. The average Bonchev–Trinajstić information content (AvgIpc) is 2.83. The Kier molecular flexibility index (Phi) is 5.04. The summed E-state index contributed by atoms with van der Waals surface area (Å²) in [4.78, 5) is 12.5. The van der Waals surface area contributed by atoms with Crippen molar-refractivity contribution in [2.75, 3.05) is 11.1 Å². The fourth-order valence-electron chi connectivity index (χ4n) is 2.47. The van der Waals surface area contributed by atoms with Crippen LogP contribution in [0.1, 0.15) is 42.7 Å². The predicted octanol–water partition coefficient (Wildman–Crippen LogP) is 3.69. The van der Waals surface area contributed by atoms with E-state index in [9.17, 15) is 4.79 Å². The molecule has 3 N–H and O–H groups in total. The Morgan fingerprint density at radius 3 is 2.71 bits per heavy atom. The van der Waals surface area contributed by atoms with Gasteiger partial charge in [-0.25, -0.2) is 0 Å². The van der Waals surface area contributed by atoms with Gasteiger partial charge in [-0.2, -0.15) is 0 Å². The maximum absolute atomic E-state index is 12.5. The van der Waals surface area contributed by atoms with Gasteiger partial charge in [-0.15, -0.1) is 0 Å². The number of para-hydroxylation sites is 1. The van der Waals surface area contributed by atoms with Gasteiger partial charge in [0.2, 0.25) is 0 Å². The number of hydrogen-bond acceptors (Lipinski definition) is 2. The summed E-state index contributed by atoms with van der Waals surface area (Å²) in [6, 6.07) is 9.66. The molecule has 0 fully saturated rings. The second kappa shape index (κ2) is 6.97. The van der Waals surface area contributed by atoms with E-state index in [1.165, 1.54) is 0 Å². The molecule has 21 heavy (non-hydrogen) atoms. The lowest BCUT2D eigenvalue weighted by atomic mass is 10.1. The van der Waals surface area contributed by atoms with Crippen molar-refractivity contribution in [1.82, 2.24) is 4.57 Å². The Bertz CT molecular complexity index is 616. The highest BCUT2D eigenvalue weighted by Gasteiger charge is 2.14. The lowest BCUT2D eigenvalue weighted by molar-refractivity contribution is 0.101. The Labute approximate surface area is 126 Å². The van der Waals surface area contributed by atoms with Crippen molar-refractivity contribution in [3.8, 4) is 0 Å². The topological polar surface area (TPSA) is 60.1 Å². The molecule has 1 amide bonds. The average molecular weight is 285 g/mol. The highest BCUT2D eigenvalue weighted by atomic mass is 16.1. The maximum Gasteiger partial charge on any atom is 0.272 e. The van der Waals surface area contributed by atoms with E-state index in [-0.39, 0.29) is 5.91 Å². The number of carbonyl (C=O) groups excluding carboxylic acids is 1. The third-order valence-electron chi connectivity index (χ3n) is 3.40. The van der Waals surface area contributed by atoms with Crippen LogP contribution < -0.4 is 11.1 Å². The van der Waals surface area contributed by atoms with E-state index in [1.807, 2.05) is 29.0 Å². The van der Waals surface area contributed by atoms with Gasteiger partial charge in [-0.05, 0) is 30.5 Å². The lowest BCUT2D eigenvalue weighted by Crippen LogP contribution is -2.17. The van der Waals surface area contributed by atoms with Crippen molar-refractivity contribution >= 4 is 17.3 Å². The molecule has 112 valence electrons. The van der Waals surface area contributed by atoms with Crippen molar-refractivity contribution in [2.45, 2.75) is 39.7 Å².